The van der Waals surface area contributed by atoms with E-state index in [1.807, 2.05) is 5.37 Å². The Morgan fingerprint density at radius 3 is 2.43 bits per heavy atom. The van der Waals surface area contributed by atoms with E-state index in [0.29, 0.717) is 5.92 Å². The predicted octanol–water partition coefficient (Wildman–Crippen LogP) is 2.42. The minimum Gasteiger partial charge on any atom is -0.0932 e. The summed E-state index contributed by atoms with van der Waals surface area (Å²) in [5, 5.41) is 1.84. The van der Waals surface area contributed by atoms with Crippen LogP contribution in [0.5, 0.6) is 0 Å². The average Bonchev–Trinajstić information content (AvgIpc) is 1.68. The molecular weight excluding hydrogens is 104 g/mol. The van der Waals surface area contributed by atoms with Crippen LogP contribution < -0.4 is 0 Å². The molecule has 0 aromatic carbocycles. The Kier molecular flexibility index (Phi) is 4.31. The molecule has 0 bridgehead atoms. The van der Waals surface area contributed by atoms with Gasteiger partial charge in [0.05, 0.1) is 0 Å². The highest BCUT2D eigenvalue weighted by molar-refractivity contribution is 7.79. The van der Waals surface area contributed by atoms with Crippen LogP contribution in [0.25, 0.3) is 0 Å². The van der Waals surface area contributed by atoms with Gasteiger partial charge in [0.2, 0.25) is 0 Å². The first-order chi connectivity index (χ1) is 3.31. The summed E-state index contributed by atoms with van der Waals surface area (Å²) in [6.07, 6.45) is 2.48. The Morgan fingerprint density at radius 2 is 2.29 bits per heavy atom. The Hall–Kier alpha value is 0.0900. The average molecular weight is 116 g/mol. The van der Waals surface area contributed by atoms with E-state index in [1.54, 1.807) is 0 Å². The number of thiocarbonyl (C=S) groups is 1. The van der Waals surface area contributed by atoms with Gasteiger partial charge in [-0.05, 0) is 17.7 Å². The number of hydrogen-bond donors (Lipinski definition) is 0. The molecular formula is C6H12S. The Bertz CT molecular complexity index is 50.1. The lowest BCUT2D eigenvalue weighted by Crippen LogP contribution is -1.90. The van der Waals surface area contributed by atoms with Gasteiger partial charge < -0.3 is 0 Å². The third-order valence-corrected chi connectivity index (χ3v) is 1.44. The lowest BCUT2D eigenvalue weighted by molar-refractivity contribution is 0.683. The summed E-state index contributed by atoms with van der Waals surface area (Å²) in [5.74, 6) is 0.639. The summed E-state index contributed by atoms with van der Waals surface area (Å²) in [6.45, 7) is 4.33. The number of hydrogen-bond acceptors (Lipinski definition) is 1. The predicted molar refractivity (Wildman–Crippen MR) is 37.7 cm³/mol. The quantitative estimate of drug-likeness (QED) is 0.510. The molecule has 7 heavy (non-hydrogen) atoms. The molecule has 0 spiro atoms. The maximum Gasteiger partial charge on any atom is -0.0157 e. The van der Waals surface area contributed by atoms with Crippen molar-refractivity contribution in [2.75, 3.05) is 0 Å². The van der Waals surface area contributed by atoms with Crippen molar-refractivity contribution in [3.8, 4) is 0 Å². The first-order valence-corrected chi connectivity index (χ1v) is 3.23. The molecule has 0 aliphatic carbocycles. The van der Waals surface area contributed by atoms with Crippen LogP contribution in [0.15, 0.2) is 0 Å². The molecule has 0 aliphatic rings. The Morgan fingerprint density at radius 1 is 1.71 bits per heavy atom. The van der Waals surface area contributed by atoms with Crippen molar-refractivity contribution >= 4 is 17.6 Å². The molecule has 0 saturated carbocycles. The van der Waals surface area contributed by atoms with Gasteiger partial charge in [-0.3, -0.25) is 0 Å². The van der Waals surface area contributed by atoms with Crippen LogP contribution in [-0.2, 0) is 0 Å². The maximum absolute atomic E-state index is 4.72. The summed E-state index contributed by atoms with van der Waals surface area (Å²) < 4.78 is 0. The van der Waals surface area contributed by atoms with Gasteiger partial charge in [0.25, 0.3) is 0 Å². The smallest absolute Gasteiger partial charge is 0.0157 e. The van der Waals surface area contributed by atoms with Crippen LogP contribution in [0.3, 0.4) is 0 Å². The summed E-state index contributed by atoms with van der Waals surface area (Å²) in [5.41, 5.74) is 0. The Labute approximate surface area is 50.9 Å². The van der Waals surface area contributed by atoms with Crippen LogP contribution in [0.2, 0.25) is 0 Å². The highest BCUT2D eigenvalue weighted by Gasteiger charge is 1.90. The van der Waals surface area contributed by atoms with E-state index in [9.17, 15) is 0 Å². The summed E-state index contributed by atoms with van der Waals surface area (Å²) in [4.78, 5) is 0. The second-order valence-electron chi connectivity index (χ2n) is 1.90. The molecule has 0 N–H and O–H groups in total. The minimum absolute atomic E-state index is 0.639. The first kappa shape index (κ1) is 7.09. The van der Waals surface area contributed by atoms with Gasteiger partial charge in [-0.1, -0.05) is 32.5 Å². The fourth-order valence-electron chi connectivity index (χ4n) is 0.523. The van der Waals surface area contributed by atoms with Gasteiger partial charge in [0.1, 0.15) is 0 Å². The van der Waals surface area contributed by atoms with Crippen molar-refractivity contribution in [3.05, 3.63) is 0 Å². The van der Waals surface area contributed by atoms with Gasteiger partial charge in [-0.2, -0.15) is 0 Å². The molecule has 0 nitrogen and oxygen atoms in total. The lowest BCUT2D eigenvalue weighted by atomic mass is 10.1. The molecule has 1 unspecified atom stereocenters. The maximum atomic E-state index is 4.72. The fourth-order valence-corrected chi connectivity index (χ4v) is 0.659. The molecule has 0 radical (unpaired) electrons. The topological polar surface area (TPSA) is 0 Å². The van der Waals surface area contributed by atoms with Crippen molar-refractivity contribution in [1.29, 1.82) is 0 Å². The van der Waals surface area contributed by atoms with E-state index in [2.05, 4.69) is 13.8 Å². The molecule has 0 rings (SSSR count). The third-order valence-electron chi connectivity index (χ3n) is 0.976. The standard InChI is InChI=1S/C6H12S/c1-3-4-6(2)5-7/h5-6H,3-4H2,1-2H3. The second kappa shape index (κ2) is 4.25. The van der Waals surface area contributed by atoms with E-state index < -0.39 is 0 Å². The van der Waals surface area contributed by atoms with Gasteiger partial charge >= 0.3 is 0 Å². The van der Waals surface area contributed by atoms with E-state index >= 15 is 0 Å². The molecule has 0 aromatic heterocycles. The molecule has 0 heterocycles. The SMILES string of the molecule is CCCC(C)C=S. The normalized spacial score (nSPS) is 13.4. The third kappa shape index (κ3) is 3.93. The van der Waals surface area contributed by atoms with Gasteiger partial charge in [0, 0.05) is 0 Å². The van der Waals surface area contributed by atoms with Crippen LogP contribution in [-0.4, -0.2) is 5.37 Å². The summed E-state index contributed by atoms with van der Waals surface area (Å²) in [7, 11) is 0. The highest BCUT2D eigenvalue weighted by Crippen LogP contribution is 1.99. The van der Waals surface area contributed by atoms with Crippen LogP contribution in [0, 0.1) is 5.92 Å². The van der Waals surface area contributed by atoms with Crippen molar-refractivity contribution in [2.45, 2.75) is 26.7 Å². The van der Waals surface area contributed by atoms with Gasteiger partial charge in [-0.15, -0.1) is 0 Å². The molecule has 0 fully saturated rings. The summed E-state index contributed by atoms with van der Waals surface area (Å²) >= 11 is 4.72. The highest BCUT2D eigenvalue weighted by atomic mass is 32.1. The van der Waals surface area contributed by atoms with E-state index in [0.717, 1.165) is 0 Å². The molecule has 0 aromatic rings. The van der Waals surface area contributed by atoms with E-state index in [1.165, 1.54) is 12.8 Å². The lowest BCUT2D eigenvalue weighted by Gasteiger charge is -1.97. The molecule has 0 amide bonds. The first-order valence-electron chi connectivity index (χ1n) is 2.76. The number of rotatable bonds is 3. The van der Waals surface area contributed by atoms with E-state index in [4.69, 9.17) is 12.2 Å². The Balaban J connectivity index is 2.98. The van der Waals surface area contributed by atoms with Crippen molar-refractivity contribution in [2.24, 2.45) is 5.92 Å². The molecule has 1 atom stereocenters. The van der Waals surface area contributed by atoms with Crippen LogP contribution in [0.1, 0.15) is 26.7 Å². The molecule has 0 aliphatic heterocycles. The second-order valence-corrected chi connectivity index (χ2v) is 2.17. The van der Waals surface area contributed by atoms with Crippen molar-refractivity contribution in [1.82, 2.24) is 0 Å². The molecule has 0 saturated heterocycles. The summed E-state index contributed by atoms with van der Waals surface area (Å²) in [6, 6.07) is 0. The van der Waals surface area contributed by atoms with E-state index in [-0.39, 0.29) is 0 Å². The van der Waals surface area contributed by atoms with Crippen molar-refractivity contribution < 1.29 is 0 Å². The van der Waals surface area contributed by atoms with Gasteiger partial charge in [-0.25, -0.2) is 0 Å². The van der Waals surface area contributed by atoms with Crippen molar-refractivity contribution in [3.63, 3.8) is 0 Å². The fraction of sp³-hybridized carbons (Fsp3) is 0.833. The van der Waals surface area contributed by atoms with Gasteiger partial charge in [0.15, 0.2) is 0 Å². The minimum atomic E-state index is 0.639. The molecule has 1 heteroatoms. The monoisotopic (exact) mass is 116 g/mol. The zero-order valence-electron chi connectivity index (χ0n) is 4.98. The van der Waals surface area contributed by atoms with Crippen LogP contribution in [0.4, 0.5) is 0 Å². The largest absolute Gasteiger partial charge is 0.0932 e. The zero-order valence-corrected chi connectivity index (χ0v) is 5.79. The van der Waals surface area contributed by atoms with Crippen LogP contribution >= 0.6 is 12.2 Å². The molecule has 42 valence electrons. The zero-order chi connectivity index (χ0) is 5.70.